The molecule has 0 aliphatic carbocycles. The van der Waals surface area contributed by atoms with Crippen LogP contribution < -0.4 is 15.5 Å². The highest BCUT2D eigenvalue weighted by Crippen LogP contribution is 2.25. The Kier molecular flexibility index (Phi) is 8.54. The molecule has 2 aliphatic rings. The number of rotatable bonds is 3. The van der Waals surface area contributed by atoms with Crippen LogP contribution in [-0.2, 0) is 4.79 Å². The van der Waals surface area contributed by atoms with E-state index in [0.29, 0.717) is 0 Å². The molecule has 3 rings (SSSR count). The van der Waals surface area contributed by atoms with Crippen LogP contribution in [-0.4, -0.2) is 36.7 Å². The summed E-state index contributed by atoms with van der Waals surface area (Å²) in [6, 6.07) is 8.16. The van der Waals surface area contributed by atoms with Gasteiger partial charge in [-0.3, -0.25) is 10.1 Å². The SMILES string of the molecule is CC1CCN(c2cccc(NC(=O)C3CSCN3)c2)CC1.Cl.Cl. The van der Waals surface area contributed by atoms with Crippen LogP contribution >= 0.6 is 36.6 Å². The molecule has 2 aliphatic heterocycles. The molecule has 0 bridgehead atoms. The maximum atomic E-state index is 12.1. The fourth-order valence-electron chi connectivity index (χ4n) is 2.84. The standard InChI is InChI=1S/C16H23N3OS.2ClH/c1-12-5-7-19(8-6-12)14-4-2-3-13(9-14)18-16(20)15-10-21-11-17-15;;/h2-4,9,12,15,17H,5-8,10-11H2,1H3,(H,18,20);2*1H. The van der Waals surface area contributed by atoms with Gasteiger partial charge in [0, 0.05) is 36.1 Å². The molecule has 23 heavy (non-hydrogen) atoms. The van der Waals surface area contributed by atoms with Crippen molar-refractivity contribution in [1.82, 2.24) is 5.32 Å². The monoisotopic (exact) mass is 377 g/mol. The van der Waals surface area contributed by atoms with Crippen molar-refractivity contribution in [2.24, 2.45) is 5.92 Å². The number of carbonyl (C=O) groups excluding carboxylic acids is 1. The van der Waals surface area contributed by atoms with Gasteiger partial charge in [-0.05, 0) is 37.0 Å². The maximum absolute atomic E-state index is 12.1. The van der Waals surface area contributed by atoms with Crippen LogP contribution in [0.5, 0.6) is 0 Å². The first kappa shape index (κ1) is 20.4. The largest absolute Gasteiger partial charge is 0.371 e. The van der Waals surface area contributed by atoms with E-state index in [-0.39, 0.29) is 36.8 Å². The van der Waals surface area contributed by atoms with Crippen molar-refractivity contribution >= 4 is 53.9 Å². The van der Waals surface area contributed by atoms with Crippen LogP contribution in [0.1, 0.15) is 19.8 Å². The van der Waals surface area contributed by atoms with E-state index in [2.05, 4.69) is 34.6 Å². The molecule has 0 radical (unpaired) electrons. The number of thioether (sulfide) groups is 1. The van der Waals surface area contributed by atoms with Crippen LogP contribution in [0.2, 0.25) is 0 Å². The zero-order chi connectivity index (χ0) is 14.7. The van der Waals surface area contributed by atoms with Gasteiger partial charge in [0.1, 0.15) is 0 Å². The number of hydrogen-bond acceptors (Lipinski definition) is 4. The molecule has 0 saturated carbocycles. The normalized spacial score (nSPS) is 21.3. The third-order valence-electron chi connectivity index (χ3n) is 4.30. The van der Waals surface area contributed by atoms with Gasteiger partial charge in [-0.15, -0.1) is 36.6 Å². The summed E-state index contributed by atoms with van der Waals surface area (Å²) in [7, 11) is 0. The molecule has 2 fully saturated rings. The predicted octanol–water partition coefficient (Wildman–Crippen LogP) is 3.37. The van der Waals surface area contributed by atoms with E-state index in [4.69, 9.17) is 0 Å². The summed E-state index contributed by atoms with van der Waals surface area (Å²) in [4.78, 5) is 14.6. The molecule has 1 amide bonds. The van der Waals surface area contributed by atoms with Gasteiger partial charge in [0.05, 0.1) is 6.04 Å². The molecule has 1 aromatic carbocycles. The average molecular weight is 378 g/mol. The van der Waals surface area contributed by atoms with Gasteiger partial charge in [-0.2, -0.15) is 0 Å². The summed E-state index contributed by atoms with van der Waals surface area (Å²) in [5.41, 5.74) is 2.11. The first-order chi connectivity index (χ1) is 10.2. The molecule has 1 atom stereocenters. The van der Waals surface area contributed by atoms with Crippen molar-refractivity contribution in [3.8, 4) is 0 Å². The Bertz CT molecular complexity index is 504. The number of piperidine rings is 1. The number of nitrogens with zero attached hydrogens (tertiary/aromatic N) is 1. The van der Waals surface area contributed by atoms with Gasteiger partial charge in [-0.25, -0.2) is 0 Å². The summed E-state index contributed by atoms with van der Waals surface area (Å²) in [5, 5.41) is 6.23. The average Bonchev–Trinajstić information content (AvgIpc) is 3.02. The Morgan fingerprint density at radius 2 is 2.04 bits per heavy atom. The minimum absolute atomic E-state index is 0. The lowest BCUT2D eigenvalue weighted by atomic mass is 9.99. The zero-order valence-corrected chi connectivity index (χ0v) is 15.7. The van der Waals surface area contributed by atoms with Crippen molar-refractivity contribution in [3.05, 3.63) is 24.3 Å². The molecule has 7 heteroatoms. The quantitative estimate of drug-likeness (QED) is 0.847. The molecule has 4 nitrogen and oxygen atoms in total. The van der Waals surface area contributed by atoms with Crippen molar-refractivity contribution < 1.29 is 4.79 Å². The summed E-state index contributed by atoms with van der Waals surface area (Å²) >= 11 is 1.77. The van der Waals surface area contributed by atoms with E-state index in [1.54, 1.807) is 11.8 Å². The van der Waals surface area contributed by atoms with Crippen molar-refractivity contribution in [1.29, 1.82) is 0 Å². The van der Waals surface area contributed by atoms with Crippen LogP contribution in [0.25, 0.3) is 0 Å². The Morgan fingerprint density at radius 3 is 2.70 bits per heavy atom. The molecule has 2 saturated heterocycles. The Hall–Kier alpha value is -0.620. The molecule has 2 heterocycles. The van der Waals surface area contributed by atoms with E-state index in [0.717, 1.165) is 36.3 Å². The van der Waals surface area contributed by atoms with E-state index in [9.17, 15) is 4.79 Å². The van der Waals surface area contributed by atoms with Crippen molar-refractivity contribution in [2.75, 3.05) is 34.9 Å². The third-order valence-corrected chi connectivity index (χ3v) is 5.24. The minimum Gasteiger partial charge on any atom is -0.371 e. The highest BCUT2D eigenvalue weighted by Gasteiger charge is 2.22. The topological polar surface area (TPSA) is 44.4 Å². The molecule has 0 aromatic heterocycles. The van der Waals surface area contributed by atoms with Crippen molar-refractivity contribution in [3.63, 3.8) is 0 Å². The smallest absolute Gasteiger partial charge is 0.242 e. The maximum Gasteiger partial charge on any atom is 0.242 e. The van der Waals surface area contributed by atoms with Crippen LogP contribution in [0, 0.1) is 5.92 Å². The molecule has 0 spiro atoms. The first-order valence-corrected chi connectivity index (χ1v) is 8.85. The number of benzene rings is 1. The highest BCUT2D eigenvalue weighted by atomic mass is 35.5. The van der Waals surface area contributed by atoms with E-state index in [1.807, 2.05) is 12.1 Å². The van der Waals surface area contributed by atoms with E-state index in [1.165, 1.54) is 18.5 Å². The minimum atomic E-state index is -0.0607. The number of nitrogens with one attached hydrogen (secondary N) is 2. The van der Waals surface area contributed by atoms with E-state index < -0.39 is 0 Å². The lowest BCUT2D eigenvalue weighted by Crippen LogP contribution is -2.37. The number of hydrogen-bond donors (Lipinski definition) is 2. The molecule has 1 aromatic rings. The Morgan fingerprint density at radius 1 is 1.30 bits per heavy atom. The molecule has 130 valence electrons. The van der Waals surface area contributed by atoms with Crippen LogP contribution in [0.15, 0.2) is 24.3 Å². The molecular weight excluding hydrogens is 353 g/mol. The second-order valence-electron chi connectivity index (χ2n) is 5.98. The number of carbonyl (C=O) groups is 1. The zero-order valence-electron chi connectivity index (χ0n) is 13.3. The summed E-state index contributed by atoms with van der Waals surface area (Å²) < 4.78 is 0. The van der Waals surface area contributed by atoms with Crippen LogP contribution in [0.3, 0.4) is 0 Å². The third kappa shape index (κ3) is 5.45. The summed E-state index contributed by atoms with van der Waals surface area (Å²) in [5.74, 6) is 2.62. The second kappa shape index (κ2) is 9.62. The highest BCUT2D eigenvalue weighted by molar-refractivity contribution is 7.99. The van der Waals surface area contributed by atoms with Gasteiger partial charge < -0.3 is 10.2 Å². The van der Waals surface area contributed by atoms with Crippen LogP contribution in [0.4, 0.5) is 11.4 Å². The predicted molar refractivity (Wildman–Crippen MR) is 104 cm³/mol. The first-order valence-electron chi connectivity index (χ1n) is 7.69. The van der Waals surface area contributed by atoms with Gasteiger partial charge in [0.25, 0.3) is 0 Å². The summed E-state index contributed by atoms with van der Waals surface area (Å²) in [6.07, 6.45) is 2.50. The number of anilines is 2. The number of halogens is 2. The molecule has 1 unspecified atom stereocenters. The lowest BCUT2D eigenvalue weighted by Gasteiger charge is -2.32. The van der Waals surface area contributed by atoms with Gasteiger partial charge in [0.15, 0.2) is 0 Å². The van der Waals surface area contributed by atoms with Gasteiger partial charge in [0.2, 0.25) is 5.91 Å². The van der Waals surface area contributed by atoms with Crippen molar-refractivity contribution in [2.45, 2.75) is 25.8 Å². The Labute approximate surface area is 155 Å². The molecular formula is C16H25Cl2N3OS. The number of amides is 1. The molecule has 2 N–H and O–H groups in total. The fourth-order valence-corrected chi connectivity index (χ4v) is 3.78. The van der Waals surface area contributed by atoms with Gasteiger partial charge in [-0.1, -0.05) is 13.0 Å². The fraction of sp³-hybridized carbons (Fsp3) is 0.562. The summed E-state index contributed by atoms with van der Waals surface area (Å²) in [6.45, 7) is 4.54. The Balaban J connectivity index is 0.00000132. The second-order valence-corrected chi connectivity index (χ2v) is 7.01. The van der Waals surface area contributed by atoms with Gasteiger partial charge >= 0.3 is 0 Å². The lowest BCUT2D eigenvalue weighted by molar-refractivity contribution is -0.117. The van der Waals surface area contributed by atoms with E-state index >= 15 is 0 Å².